The number of hydrogen-bond acceptors (Lipinski definition) is 4. The highest BCUT2D eigenvalue weighted by Crippen LogP contribution is 2.26. The first-order chi connectivity index (χ1) is 8.13. The normalized spacial score (nSPS) is 12.7. The maximum absolute atomic E-state index is 5.64. The molecular weight excluding hydrogens is 397 g/mol. The lowest BCUT2D eigenvalue weighted by atomic mass is 10.1. The lowest BCUT2D eigenvalue weighted by Gasteiger charge is -2.16. The molecule has 1 aromatic heterocycles. The van der Waals surface area contributed by atoms with Crippen molar-refractivity contribution in [2.45, 2.75) is 6.04 Å². The number of nitrogens with one attached hydrogen (secondary N) is 1. The summed E-state index contributed by atoms with van der Waals surface area (Å²) >= 11 is 5.65. The van der Waals surface area contributed by atoms with Crippen LogP contribution in [0.15, 0.2) is 28.9 Å². The van der Waals surface area contributed by atoms with E-state index in [9.17, 15) is 0 Å². The fourth-order valence-electron chi connectivity index (χ4n) is 1.66. The number of nitrogens with zero attached hydrogens (tertiary/aromatic N) is 3. The molecule has 2 rings (SSSR count). The second-order valence-electron chi connectivity index (χ2n) is 3.54. The molecule has 0 aliphatic heterocycles. The molecule has 3 N–H and O–H groups in total. The van der Waals surface area contributed by atoms with E-state index in [0.717, 1.165) is 14.8 Å². The molecule has 1 aromatic carbocycles. The summed E-state index contributed by atoms with van der Waals surface area (Å²) in [4.78, 5) is 0. The second-order valence-corrected chi connectivity index (χ2v) is 5.54. The molecule has 0 radical (unpaired) electrons. The van der Waals surface area contributed by atoms with Crippen LogP contribution in [0.4, 0.5) is 0 Å². The number of nitrogens with two attached hydrogens (primary N) is 1. The Morgan fingerprint density at radius 1 is 1.53 bits per heavy atom. The Kier molecular flexibility index (Phi) is 4.13. The number of benzene rings is 1. The van der Waals surface area contributed by atoms with E-state index in [-0.39, 0.29) is 6.04 Å². The summed E-state index contributed by atoms with van der Waals surface area (Å²) < 4.78 is 3.56. The highest BCUT2D eigenvalue weighted by Gasteiger charge is 2.20. The summed E-state index contributed by atoms with van der Waals surface area (Å²) in [5.74, 6) is 5.64. The first kappa shape index (κ1) is 12.9. The zero-order valence-electron chi connectivity index (χ0n) is 9.06. The van der Waals surface area contributed by atoms with E-state index in [1.807, 2.05) is 25.2 Å². The summed E-state index contributed by atoms with van der Waals surface area (Å²) in [5, 5.41) is 7.92. The van der Waals surface area contributed by atoms with E-state index < -0.39 is 0 Å². The smallest absolute Gasteiger partial charge is 0.153 e. The Balaban J connectivity index is 2.47. The van der Waals surface area contributed by atoms with Crippen LogP contribution >= 0.6 is 38.5 Å². The average Bonchev–Trinajstić information content (AvgIpc) is 2.62. The third kappa shape index (κ3) is 2.67. The summed E-state index contributed by atoms with van der Waals surface area (Å²) in [6.45, 7) is 0. The lowest BCUT2D eigenvalue weighted by Crippen LogP contribution is -2.30. The molecule has 1 atom stereocenters. The third-order valence-corrected chi connectivity index (χ3v) is 3.68. The van der Waals surface area contributed by atoms with Gasteiger partial charge in [0.15, 0.2) is 4.60 Å². The van der Waals surface area contributed by atoms with E-state index in [4.69, 9.17) is 5.84 Å². The Hall–Kier alpha value is -0.510. The molecule has 0 spiro atoms. The van der Waals surface area contributed by atoms with Gasteiger partial charge in [-0.2, -0.15) is 0 Å². The van der Waals surface area contributed by atoms with Gasteiger partial charge in [-0.1, -0.05) is 17.3 Å². The number of hydrogen-bond donors (Lipinski definition) is 2. The molecule has 0 aliphatic rings. The van der Waals surface area contributed by atoms with Crippen LogP contribution in [0, 0.1) is 3.57 Å². The first-order valence-electron chi connectivity index (χ1n) is 4.90. The summed E-state index contributed by atoms with van der Waals surface area (Å²) in [5.41, 5.74) is 4.77. The molecule has 90 valence electrons. The van der Waals surface area contributed by atoms with Gasteiger partial charge in [-0.3, -0.25) is 5.84 Å². The molecule has 0 bridgehead atoms. The minimum Gasteiger partial charge on any atom is -0.271 e. The van der Waals surface area contributed by atoms with Crippen molar-refractivity contribution in [3.63, 3.8) is 0 Å². The third-order valence-electron chi connectivity index (χ3n) is 2.45. The van der Waals surface area contributed by atoms with Gasteiger partial charge in [0.2, 0.25) is 0 Å². The van der Waals surface area contributed by atoms with Crippen LogP contribution < -0.4 is 11.3 Å². The molecule has 17 heavy (non-hydrogen) atoms. The minimum atomic E-state index is -0.140. The van der Waals surface area contributed by atoms with E-state index >= 15 is 0 Å². The molecule has 2 aromatic rings. The van der Waals surface area contributed by atoms with Crippen LogP contribution in [-0.4, -0.2) is 15.0 Å². The summed E-state index contributed by atoms with van der Waals surface area (Å²) in [6.07, 6.45) is 0. The van der Waals surface area contributed by atoms with Crippen molar-refractivity contribution in [1.82, 2.24) is 20.4 Å². The van der Waals surface area contributed by atoms with Crippen LogP contribution in [0.2, 0.25) is 0 Å². The van der Waals surface area contributed by atoms with Gasteiger partial charge in [0.05, 0.1) is 11.7 Å². The van der Waals surface area contributed by atoms with Crippen molar-refractivity contribution in [3.8, 4) is 0 Å². The fraction of sp³-hybridized carbons (Fsp3) is 0.200. The first-order valence-corrected chi connectivity index (χ1v) is 6.77. The number of hydrazine groups is 1. The monoisotopic (exact) mass is 407 g/mol. The van der Waals surface area contributed by atoms with E-state index in [1.54, 1.807) is 4.68 Å². The van der Waals surface area contributed by atoms with Gasteiger partial charge in [0, 0.05) is 10.6 Å². The summed E-state index contributed by atoms with van der Waals surface area (Å²) in [6, 6.07) is 7.99. The van der Waals surface area contributed by atoms with Crippen molar-refractivity contribution < 1.29 is 0 Å². The Morgan fingerprint density at radius 2 is 2.29 bits per heavy atom. The Bertz CT molecular complexity index is 508. The van der Waals surface area contributed by atoms with Crippen molar-refractivity contribution in [1.29, 1.82) is 0 Å². The maximum Gasteiger partial charge on any atom is 0.153 e. The number of aromatic nitrogens is 3. The van der Waals surface area contributed by atoms with Gasteiger partial charge in [-0.25, -0.2) is 10.1 Å². The van der Waals surface area contributed by atoms with Gasteiger partial charge in [-0.15, -0.1) is 5.10 Å². The minimum absolute atomic E-state index is 0.140. The topological polar surface area (TPSA) is 68.8 Å². The highest BCUT2D eigenvalue weighted by atomic mass is 127. The number of aryl methyl sites for hydroxylation is 1. The lowest BCUT2D eigenvalue weighted by molar-refractivity contribution is 0.569. The van der Waals surface area contributed by atoms with E-state index in [0.29, 0.717) is 4.60 Å². The van der Waals surface area contributed by atoms with Crippen molar-refractivity contribution in [3.05, 3.63) is 43.7 Å². The fourth-order valence-corrected chi connectivity index (χ4v) is 2.79. The second kappa shape index (κ2) is 5.42. The van der Waals surface area contributed by atoms with Crippen molar-refractivity contribution in [2.75, 3.05) is 0 Å². The average molecular weight is 408 g/mol. The van der Waals surface area contributed by atoms with Crippen LogP contribution in [0.5, 0.6) is 0 Å². The molecule has 1 unspecified atom stereocenters. The van der Waals surface area contributed by atoms with Gasteiger partial charge in [0.1, 0.15) is 0 Å². The SMILES string of the molecule is Cn1nnc(Br)c1C(NN)c1cccc(I)c1. The molecule has 0 amide bonds. The van der Waals surface area contributed by atoms with Gasteiger partial charge >= 0.3 is 0 Å². The van der Waals surface area contributed by atoms with Crippen LogP contribution in [0.3, 0.4) is 0 Å². The number of halogens is 2. The predicted octanol–water partition coefficient (Wildman–Crippen LogP) is 1.73. The van der Waals surface area contributed by atoms with Crippen LogP contribution in [-0.2, 0) is 7.05 Å². The molecule has 0 saturated carbocycles. The summed E-state index contributed by atoms with van der Waals surface area (Å²) in [7, 11) is 1.84. The van der Waals surface area contributed by atoms with Crippen molar-refractivity contribution in [2.24, 2.45) is 12.9 Å². The molecule has 5 nitrogen and oxygen atoms in total. The van der Waals surface area contributed by atoms with E-state index in [1.165, 1.54) is 0 Å². The quantitative estimate of drug-likeness (QED) is 0.462. The Morgan fingerprint density at radius 3 is 2.82 bits per heavy atom. The predicted molar refractivity (Wildman–Crippen MR) is 77.0 cm³/mol. The van der Waals surface area contributed by atoms with Crippen LogP contribution in [0.1, 0.15) is 17.3 Å². The van der Waals surface area contributed by atoms with Crippen LogP contribution in [0.25, 0.3) is 0 Å². The number of rotatable bonds is 3. The zero-order valence-corrected chi connectivity index (χ0v) is 12.8. The van der Waals surface area contributed by atoms with E-state index in [2.05, 4.69) is 60.3 Å². The van der Waals surface area contributed by atoms with Gasteiger partial charge in [-0.05, 0) is 56.2 Å². The standard InChI is InChI=1S/C10H11BrIN5/c1-17-9(10(11)15-16-17)8(14-13)6-3-2-4-7(12)5-6/h2-5,8,14H,13H2,1H3. The highest BCUT2D eigenvalue weighted by molar-refractivity contribution is 14.1. The molecule has 0 fully saturated rings. The largest absolute Gasteiger partial charge is 0.271 e. The van der Waals surface area contributed by atoms with Gasteiger partial charge < -0.3 is 0 Å². The molecule has 0 aliphatic carbocycles. The molecule has 0 saturated heterocycles. The molecular formula is C10H11BrIN5. The zero-order chi connectivity index (χ0) is 12.4. The van der Waals surface area contributed by atoms with Gasteiger partial charge in [0.25, 0.3) is 0 Å². The Labute approximate surface area is 121 Å². The maximum atomic E-state index is 5.64. The van der Waals surface area contributed by atoms with Crippen molar-refractivity contribution >= 4 is 38.5 Å². The molecule has 1 heterocycles. The molecule has 7 heteroatoms.